The second-order valence-electron chi connectivity index (χ2n) is 10.5. The molecule has 5 heteroatoms. The van der Waals surface area contributed by atoms with Gasteiger partial charge in [0.2, 0.25) is 0 Å². The van der Waals surface area contributed by atoms with Crippen LogP contribution in [0.1, 0.15) is 11.1 Å². The number of alkyl halides is 3. The summed E-state index contributed by atoms with van der Waals surface area (Å²) in [4.78, 5) is 0. The first-order valence-electron chi connectivity index (χ1n) is 13.4. The van der Waals surface area contributed by atoms with Crippen molar-refractivity contribution in [3.63, 3.8) is 0 Å². The third-order valence-corrected chi connectivity index (χ3v) is 11.0. The van der Waals surface area contributed by atoms with Crippen molar-refractivity contribution in [1.29, 1.82) is 0 Å². The van der Waals surface area contributed by atoms with Gasteiger partial charge in [-0.3, -0.25) is 0 Å². The fourth-order valence-electron chi connectivity index (χ4n) is 6.11. The first-order valence-corrected chi connectivity index (χ1v) is 15.1. The van der Waals surface area contributed by atoms with Crippen LogP contribution in [-0.4, -0.2) is 0 Å². The van der Waals surface area contributed by atoms with Gasteiger partial charge in [-0.1, -0.05) is 97.1 Å². The highest BCUT2D eigenvalue weighted by Crippen LogP contribution is 2.49. The molecular formula is C36H24F3OP. The molecule has 0 unspecified atom stereocenters. The monoisotopic (exact) mass is 560 g/mol. The van der Waals surface area contributed by atoms with Gasteiger partial charge in [-0.25, -0.2) is 0 Å². The van der Waals surface area contributed by atoms with Gasteiger partial charge in [0.25, 0.3) is 0 Å². The van der Waals surface area contributed by atoms with E-state index in [1.165, 1.54) is 0 Å². The maximum atomic E-state index is 16.2. The van der Waals surface area contributed by atoms with Crippen molar-refractivity contribution < 1.29 is 17.7 Å². The lowest BCUT2D eigenvalue weighted by atomic mass is 10.0. The Bertz CT molecular complexity index is 2070. The van der Waals surface area contributed by atoms with Crippen molar-refractivity contribution in [3.05, 3.63) is 139 Å². The van der Waals surface area contributed by atoms with Gasteiger partial charge in [-0.2, -0.15) is 13.2 Å². The summed E-state index contributed by atoms with van der Waals surface area (Å²) < 4.78 is 58.7. The Morgan fingerprint density at radius 1 is 0.512 bits per heavy atom. The molecule has 0 aliphatic heterocycles. The fraction of sp³-hybridized carbons (Fsp3) is 0.0556. The Kier molecular flexibility index (Phi) is 5.81. The summed E-state index contributed by atoms with van der Waals surface area (Å²) in [5.41, 5.74) is -0.395. The van der Waals surface area contributed by atoms with Crippen molar-refractivity contribution >= 4 is 66.1 Å². The van der Waals surface area contributed by atoms with Gasteiger partial charge in [-0.05, 0) is 85.9 Å². The predicted molar refractivity (Wildman–Crippen MR) is 166 cm³/mol. The minimum absolute atomic E-state index is 0.172. The van der Waals surface area contributed by atoms with Crippen LogP contribution < -0.4 is 15.9 Å². The molecule has 0 heterocycles. The lowest BCUT2D eigenvalue weighted by Gasteiger charge is -2.26. The Hall–Kier alpha value is -4.40. The molecule has 0 aliphatic rings. The van der Waals surface area contributed by atoms with E-state index in [-0.39, 0.29) is 5.30 Å². The number of halogens is 3. The number of aryl methyl sites for hydroxylation is 1. The summed E-state index contributed by atoms with van der Waals surface area (Å²) >= 11 is 0. The second kappa shape index (κ2) is 9.33. The van der Waals surface area contributed by atoms with Gasteiger partial charge < -0.3 is 4.57 Å². The Balaban J connectivity index is 1.71. The van der Waals surface area contributed by atoms with Crippen LogP contribution in [0.15, 0.2) is 127 Å². The second-order valence-corrected chi connectivity index (χ2v) is 13.2. The molecule has 0 spiro atoms. The lowest BCUT2D eigenvalue weighted by Crippen LogP contribution is -2.28. The molecule has 0 radical (unpaired) electrons. The molecule has 0 amide bonds. The van der Waals surface area contributed by atoms with Gasteiger partial charge in [0.05, 0.1) is 5.56 Å². The van der Waals surface area contributed by atoms with Gasteiger partial charge in [0, 0.05) is 15.9 Å². The van der Waals surface area contributed by atoms with Gasteiger partial charge in [0.1, 0.15) is 0 Å². The summed E-state index contributed by atoms with van der Waals surface area (Å²) in [6.45, 7) is 1.63. The number of fused-ring (bicyclic) bond motifs is 6. The molecule has 0 N–H and O–H groups in total. The Labute approximate surface area is 235 Å². The number of rotatable bonds is 3. The first kappa shape index (κ1) is 25.6. The normalized spacial score (nSPS) is 12.5. The molecule has 200 valence electrons. The van der Waals surface area contributed by atoms with Crippen LogP contribution in [0.2, 0.25) is 0 Å². The molecule has 0 aliphatic carbocycles. The van der Waals surface area contributed by atoms with E-state index in [4.69, 9.17) is 0 Å². The molecule has 0 aromatic heterocycles. The van der Waals surface area contributed by atoms with E-state index in [2.05, 4.69) is 0 Å². The summed E-state index contributed by atoms with van der Waals surface area (Å²) in [6.07, 6.45) is -4.58. The highest BCUT2D eigenvalue weighted by Gasteiger charge is 2.38. The van der Waals surface area contributed by atoms with E-state index < -0.39 is 18.9 Å². The molecular weight excluding hydrogens is 536 g/mol. The molecule has 0 atom stereocenters. The predicted octanol–water partition coefficient (Wildman–Crippen LogP) is 9.27. The minimum Gasteiger partial charge on any atom is -0.309 e. The van der Waals surface area contributed by atoms with Crippen molar-refractivity contribution in [3.8, 4) is 0 Å². The zero-order chi connectivity index (χ0) is 28.4. The van der Waals surface area contributed by atoms with E-state index in [1.807, 2.05) is 109 Å². The molecule has 7 aromatic carbocycles. The lowest BCUT2D eigenvalue weighted by molar-refractivity contribution is -0.137. The molecule has 0 saturated carbocycles. The number of benzene rings is 7. The summed E-state index contributed by atoms with van der Waals surface area (Å²) in [7, 11) is -3.90. The van der Waals surface area contributed by atoms with Gasteiger partial charge in [0.15, 0.2) is 7.14 Å². The van der Waals surface area contributed by atoms with Crippen molar-refractivity contribution in [1.82, 2.24) is 0 Å². The molecule has 0 saturated heterocycles. The molecule has 41 heavy (non-hydrogen) atoms. The Morgan fingerprint density at radius 2 is 0.927 bits per heavy atom. The van der Waals surface area contributed by atoms with Crippen LogP contribution >= 0.6 is 7.14 Å². The molecule has 7 rings (SSSR count). The first-order chi connectivity index (χ1) is 19.7. The zero-order valence-corrected chi connectivity index (χ0v) is 23.0. The standard InChI is InChI=1S/C36H24F3OP/c1-23-18-26(36(37,38)39)22-27(19-23)41(40,34-20-24-10-2-4-12-28(24)30-14-6-8-16-32(30)34)35-21-25-11-3-5-13-29(25)31-15-7-9-17-33(31)35/h2-22H,1H3. The largest absolute Gasteiger partial charge is 0.416 e. The van der Waals surface area contributed by atoms with E-state index >= 15 is 4.57 Å². The third kappa shape index (κ3) is 4.05. The van der Waals surface area contributed by atoms with E-state index in [1.54, 1.807) is 13.0 Å². The van der Waals surface area contributed by atoms with Crippen molar-refractivity contribution in [2.45, 2.75) is 13.1 Å². The average molecular weight is 561 g/mol. The number of hydrogen-bond donors (Lipinski definition) is 0. The third-order valence-electron chi connectivity index (χ3n) is 7.92. The summed E-state index contributed by atoms with van der Waals surface area (Å²) in [5, 5.41) is 8.37. The van der Waals surface area contributed by atoms with Crippen molar-refractivity contribution in [2.75, 3.05) is 0 Å². The molecule has 1 nitrogen and oxygen atoms in total. The van der Waals surface area contributed by atoms with Crippen LogP contribution in [0.4, 0.5) is 13.2 Å². The van der Waals surface area contributed by atoms with Gasteiger partial charge >= 0.3 is 6.18 Å². The molecule has 7 aromatic rings. The average Bonchev–Trinajstić information content (AvgIpc) is 2.99. The van der Waals surface area contributed by atoms with Crippen LogP contribution in [-0.2, 0) is 10.7 Å². The minimum atomic E-state index is -4.58. The van der Waals surface area contributed by atoms with Crippen molar-refractivity contribution in [2.24, 2.45) is 0 Å². The Morgan fingerprint density at radius 3 is 1.39 bits per heavy atom. The summed E-state index contributed by atoms with van der Waals surface area (Å²) in [6, 6.07) is 38.9. The van der Waals surface area contributed by atoms with Crippen LogP contribution in [0.25, 0.3) is 43.1 Å². The zero-order valence-electron chi connectivity index (χ0n) is 22.1. The number of hydrogen-bond acceptors (Lipinski definition) is 1. The topological polar surface area (TPSA) is 17.1 Å². The maximum Gasteiger partial charge on any atom is 0.416 e. The van der Waals surface area contributed by atoms with Crippen LogP contribution in [0.3, 0.4) is 0 Å². The highest BCUT2D eigenvalue weighted by molar-refractivity contribution is 7.86. The molecule has 0 fully saturated rings. The van der Waals surface area contributed by atoms with Gasteiger partial charge in [-0.15, -0.1) is 0 Å². The smallest absolute Gasteiger partial charge is 0.309 e. The van der Waals surface area contributed by atoms with E-state index in [0.717, 1.165) is 55.2 Å². The van der Waals surface area contributed by atoms with Crippen LogP contribution in [0.5, 0.6) is 0 Å². The molecule has 0 bridgehead atoms. The van der Waals surface area contributed by atoms with Crippen LogP contribution in [0, 0.1) is 6.92 Å². The quantitative estimate of drug-likeness (QED) is 0.156. The van der Waals surface area contributed by atoms with E-state index in [9.17, 15) is 13.2 Å². The maximum absolute atomic E-state index is 16.2. The SMILES string of the molecule is Cc1cc(C(F)(F)F)cc(P(=O)(c2cc3ccccc3c3ccccc23)c2cc3ccccc3c3ccccc23)c1. The fourth-order valence-corrected chi connectivity index (χ4v) is 9.34. The van der Waals surface area contributed by atoms with E-state index in [0.29, 0.717) is 16.2 Å². The highest BCUT2D eigenvalue weighted by atomic mass is 31.2. The summed E-state index contributed by atoms with van der Waals surface area (Å²) in [5.74, 6) is 0.